The number of nitro benzene ring substituents is 1. The Kier molecular flexibility index (Phi) is 4.58. The highest BCUT2D eigenvalue weighted by atomic mass is 16.6. The zero-order valence-corrected chi connectivity index (χ0v) is 14.2. The van der Waals surface area contributed by atoms with Crippen molar-refractivity contribution in [1.29, 1.82) is 0 Å². The van der Waals surface area contributed by atoms with Crippen molar-refractivity contribution in [1.82, 2.24) is 10.6 Å². The largest absolute Gasteiger partial charge is 0.347 e. The number of hydrogen-bond donors (Lipinski definition) is 2. The Labute approximate surface area is 142 Å². The summed E-state index contributed by atoms with van der Waals surface area (Å²) in [7, 11) is 0. The Morgan fingerprint density at radius 3 is 2.38 bits per heavy atom. The van der Waals surface area contributed by atoms with E-state index in [1.165, 1.54) is 25.0 Å². The summed E-state index contributed by atoms with van der Waals surface area (Å²) in [5, 5.41) is 17.4. The quantitative estimate of drug-likeness (QED) is 0.642. The van der Waals surface area contributed by atoms with E-state index >= 15 is 0 Å². The van der Waals surface area contributed by atoms with Gasteiger partial charge in [0, 0.05) is 30.6 Å². The standard InChI is InChI=1S/C18H25N3O3/c1-18(2,13-3-7-16(8-4-13)21(23)24)20-17(22)11-12-9-14-5-6-15(10-12)19-14/h3-4,7-8,12,14-15,19H,5-6,9-11H2,1-2H3,(H,20,22). The summed E-state index contributed by atoms with van der Waals surface area (Å²) < 4.78 is 0. The molecule has 2 aliphatic heterocycles. The van der Waals surface area contributed by atoms with Gasteiger partial charge in [-0.3, -0.25) is 14.9 Å². The van der Waals surface area contributed by atoms with Crippen molar-refractivity contribution < 1.29 is 9.72 Å². The van der Waals surface area contributed by atoms with Gasteiger partial charge in [-0.1, -0.05) is 0 Å². The molecule has 2 heterocycles. The minimum absolute atomic E-state index is 0.0599. The van der Waals surface area contributed by atoms with Crippen LogP contribution in [0.5, 0.6) is 0 Å². The average molecular weight is 331 g/mol. The SMILES string of the molecule is CC(C)(NC(=O)CC1CC2CCC(C1)N2)c1ccc([N+](=O)[O-])cc1. The molecule has 24 heavy (non-hydrogen) atoms. The van der Waals surface area contributed by atoms with Crippen LogP contribution in [0, 0.1) is 16.0 Å². The normalized spacial score (nSPS) is 26.2. The molecule has 1 aromatic rings. The van der Waals surface area contributed by atoms with Gasteiger partial charge in [-0.15, -0.1) is 0 Å². The first-order valence-electron chi connectivity index (χ1n) is 8.65. The fourth-order valence-electron chi connectivity index (χ4n) is 4.08. The Hall–Kier alpha value is -1.95. The average Bonchev–Trinajstić information content (AvgIpc) is 2.85. The van der Waals surface area contributed by atoms with Crippen LogP contribution >= 0.6 is 0 Å². The van der Waals surface area contributed by atoms with E-state index in [1.807, 2.05) is 13.8 Å². The van der Waals surface area contributed by atoms with E-state index in [0.29, 0.717) is 24.4 Å². The molecule has 0 spiro atoms. The molecule has 2 N–H and O–H groups in total. The topological polar surface area (TPSA) is 84.3 Å². The van der Waals surface area contributed by atoms with Crippen LogP contribution in [0.2, 0.25) is 0 Å². The van der Waals surface area contributed by atoms with E-state index in [-0.39, 0.29) is 11.6 Å². The van der Waals surface area contributed by atoms with Gasteiger partial charge in [0.05, 0.1) is 10.5 Å². The molecular weight excluding hydrogens is 306 g/mol. The van der Waals surface area contributed by atoms with Crippen molar-refractivity contribution in [3.8, 4) is 0 Å². The lowest BCUT2D eigenvalue weighted by molar-refractivity contribution is -0.384. The van der Waals surface area contributed by atoms with Crippen LogP contribution in [-0.4, -0.2) is 22.9 Å². The molecule has 0 radical (unpaired) electrons. The molecular formula is C18H25N3O3. The Balaban J connectivity index is 1.59. The first-order valence-corrected chi connectivity index (χ1v) is 8.65. The van der Waals surface area contributed by atoms with Crippen LogP contribution in [0.3, 0.4) is 0 Å². The third-order valence-corrected chi connectivity index (χ3v) is 5.30. The van der Waals surface area contributed by atoms with Gasteiger partial charge in [-0.05, 0) is 63.1 Å². The number of rotatable bonds is 5. The monoisotopic (exact) mass is 331 g/mol. The maximum atomic E-state index is 12.5. The van der Waals surface area contributed by atoms with Crippen molar-refractivity contribution >= 4 is 11.6 Å². The van der Waals surface area contributed by atoms with Crippen LogP contribution in [0.15, 0.2) is 24.3 Å². The molecule has 2 fully saturated rings. The van der Waals surface area contributed by atoms with E-state index < -0.39 is 10.5 Å². The number of fused-ring (bicyclic) bond motifs is 2. The van der Waals surface area contributed by atoms with E-state index in [0.717, 1.165) is 18.4 Å². The third kappa shape index (κ3) is 3.75. The lowest BCUT2D eigenvalue weighted by Crippen LogP contribution is -2.44. The summed E-state index contributed by atoms with van der Waals surface area (Å²) in [6, 6.07) is 7.56. The fraction of sp³-hybridized carbons (Fsp3) is 0.611. The first-order chi connectivity index (χ1) is 11.3. The Morgan fingerprint density at radius 1 is 1.25 bits per heavy atom. The molecule has 0 aliphatic carbocycles. The molecule has 1 amide bonds. The Bertz CT molecular complexity index is 615. The zero-order chi connectivity index (χ0) is 17.3. The summed E-state index contributed by atoms with van der Waals surface area (Å²) in [4.78, 5) is 22.8. The van der Waals surface area contributed by atoms with Crippen LogP contribution in [0.1, 0.15) is 51.5 Å². The maximum absolute atomic E-state index is 12.5. The summed E-state index contributed by atoms with van der Waals surface area (Å²) in [5.74, 6) is 0.515. The van der Waals surface area contributed by atoms with Gasteiger partial charge in [0.15, 0.2) is 0 Å². The second kappa shape index (κ2) is 6.51. The fourth-order valence-corrected chi connectivity index (χ4v) is 4.08. The molecule has 2 atom stereocenters. The van der Waals surface area contributed by atoms with Crippen LogP contribution < -0.4 is 10.6 Å². The molecule has 1 aromatic carbocycles. The zero-order valence-electron chi connectivity index (χ0n) is 14.2. The molecule has 6 nitrogen and oxygen atoms in total. The third-order valence-electron chi connectivity index (χ3n) is 5.30. The molecule has 2 aliphatic rings. The number of piperidine rings is 1. The number of amides is 1. The summed E-state index contributed by atoms with van der Waals surface area (Å²) in [6.07, 6.45) is 5.20. The predicted octanol–water partition coefficient (Wildman–Crippen LogP) is 2.87. The lowest BCUT2D eigenvalue weighted by Gasteiger charge is -2.31. The predicted molar refractivity (Wildman–Crippen MR) is 91.6 cm³/mol. The molecule has 130 valence electrons. The lowest BCUT2D eigenvalue weighted by atomic mass is 9.88. The van der Waals surface area contributed by atoms with Gasteiger partial charge in [0.25, 0.3) is 5.69 Å². The molecule has 0 aromatic heterocycles. The molecule has 3 rings (SSSR count). The summed E-state index contributed by atoms with van der Waals surface area (Å²) in [6.45, 7) is 3.86. The molecule has 2 saturated heterocycles. The van der Waals surface area contributed by atoms with E-state index in [4.69, 9.17) is 0 Å². The van der Waals surface area contributed by atoms with Gasteiger partial charge in [-0.25, -0.2) is 0 Å². The summed E-state index contributed by atoms with van der Waals surface area (Å²) in [5.41, 5.74) is 0.385. The van der Waals surface area contributed by atoms with Gasteiger partial charge in [0.2, 0.25) is 5.91 Å². The van der Waals surface area contributed by atoms with Gasteiger partial charge in [0.1, 0.15) is 0 Å². The minimum atomic E-state index is -0.544. The number of benzene rings is 1. The summed E-state index contributed by atoms with van der Waals surface area (Å²) >= 11 is 0. The van der Waals surface area contributed by atoms with Gasteiger partial charge in [-0.2, -0.15) is 0 Å². The number of nitrogens with zero attached hydrogens (tertiary/aromatic N) is 1. The molecule has 2 bridgehead atoms. The van der Waals surface area contributed by atoms with Crippen molar-refractivity contribution in [3.05, 3.63) is 39.9 Å². The number of hydrogen-bond acceptors (Lipinski definition) is 4. The molecule has 6 heteroatoms. The smallest absolute Gasteiger partial charge is 0.269 e. The Morgan fingerprint density at radius 2 is 1.83 bits per heavy atom. The van der Waals surface area contributed by atoms with E-state index in [9.17, 15) is 14.9 Å². The highest BCUT2D eigenvalue weighted by molar-refractivity contribution is 5.77. The van der Waals surface area contributed by atoms with Crippen molar-refractivity contribution in [3.63, 3.8) is 0 Å². The molecule has 0 saturated carbocycles. The van der Waals surface area contributed by atoms with Crippen LogP contribution in [-0.2, 0) is 10.3 Å². The highest BCUT2D eigenvalue weighted by Gasteiger charge is 2.35. The number of nitro groups is 1. The van der Waals surface area contributed by atoms with Crippen molar-refractivity contribution in [2.24, 2.45) is 5.92 Å². The van der Waals surface area contributed by atoms with Crippen molar-refractivity contribution in [2.45, 2.75) is 63.6 Å². The second-order valence-corrected chi connectivity index (χ2v) is 7.66. The number of nitrogens with one attached hydrogen (secondary N) is 2. The van der Waals surface area contributed by atoms with Crippen molar-refractivity contribution in [2.75, 3.05) is 0 Å². The van der Waals surface area contributed by atoms with E-state index in [1.54, 1.807) is 12.1 Å². The van der Waals surface area contributed by atoms with Crippen LogP contribution in [0.4, 0.5) is 5.69 Å². The van der Waals surface area contributed by atoms with Crippen LogP contribution in [0.25, 0.3) is 0 Å². The minimum Gasteiger partial charge on any atom is -0.347 e. The number of carbonyl (C=O) groups excluding carboxylic acids is 1. The molecule has 2 unspecified atom stereocenters. The number of non-ortho nitro benzene ring substituents is 1. The second-order valence-electron chi connectivity index (χ2n) is 7.66. The number of carbonyl (C=O) groups is 1. The van der Waals surface area contributed by atoms with E-state index in [2.05, 4.69) is 10.6 Å². The van der Waals surface area contributed by atoms with Gasteiger partial charge < -0.3 is 10.6 Å². The van der Waals surface area contributed by atoms with Gasteiger partial charge >= 0.3 is 0 Å². The maximum Gasteiger partial charge on any atom is 0.269 e. The first kappa shape index (κ1) is 16.9. The highest BCUT2D eigenvalue weighted by Crippen LogP contribution is 2.33.